The molecule has 4 aromatic rings. The van der Waals surface area contributed by atoms with Crippen LogP contribution in [-0.4, -0.2) is 33.9 Å². The number of hydrogen-bond donors (Lipinski definition) is 0. The molecule has 0 spiro atoms. The first kappa shape index (κ1) is 23.8. The lowest BCUT2D eigenvalue weighted by molar-refractivity contribution is -0.137. The van der Waals surface area contributed by atoms with Gasteiger partial charge in [-0.25, -0.2) is 18.4 Å². The Bertz CT molecular complexity index is 1560. The molecule has 8 nitrogen and oxygen atoms in total. The van der Waals surface area contributed by atoms with Gasteiger partial charge in [-0.15, -0.1) is 0 Å². The van der Waals surface area contributed by atoms with Gasteiger partial charge in [0.1, 0.15) is 10.6 Å². The number of fused-ring (bicyclic) bond motifs is 1. The van der Waals surface area contributed by atoms with E-state index < -0.39 is 27.1 Å². The van der Waals surface area contributed by atoms with Crippen molar-refractivity contribution in [2.45, 2.75) is 18.0 Å². The van der Waals surface area contributed by atoms with E-state index in [2.05, 4.69) is 31.0 Å². The van der Waals surface area contributed by atoms with Crippen molar-refractivity contribution in [1.29, 1.82) is 0 Å². The zero-order valence-corrected chi connectivity index (χ0v) is 19.6. The van der Waals surface area contributed by atoms with Gasteiger partial charge in [0.05, 0.1) is 29.1 Å². The highest BCUT2D eigenvalue weighted by Crippen LogP contribution is 2.31. The molecule has 0 atom stereocenters. The average Bonchev–Trinajstić information content (AvgIpc) is 2.80. The number of ether oxygens (including phenoxy) is 1. The second-order valence-electron chi connectivity index (χ2n) is 6.97. The van der Waals surface area contributed by atoms with Crippen molar-refractivity contribution in [3.63, 3.8) is 0 Å². The number of aromatic nitrogens is 4. The molecule has 0 fully saturated rings. The van der Waals surface area contributed by atoms with E-state index >= 15 is 0 Å². The first-order chi connectivity index (χ1) is 16.0. The number of benzene rings is 1. The SMILES string of the molecule is CCS(=O)(=O)c1cc(Oc2ccc(Br)cn2)cnc1-n1ncc2ccc(C(F)(F)F)cc2c1=O. The van der Waals surface area contributed by atoms with Gasteiger partial charge < -0.3 is 4.74 Å². The Labute approximate surface area is 199 Å². The monoisotopic (exact) mass is 554 g/mol. The zero-order chi connectivity index (χ0) is 24.7. The summed E-state index contributed by atoms with van der Waals surface area (Å²) in [7, 11) is -3.95. The van der Waals surface area contributed by atoms with E-state index in [1.807, 2.05) is 0 Å². The van der Waals surface area contributed by atoms with Crippen molar-refractivity contribution in [2.24, 2.45) is 0 Å². The maximum atomic E-state index is 13.1. The van der Waals surface area contributed by atoms with Crippen LogP contribution in [0.25, 0.3) is 16.6 Å². The van der Waals surface area contributed by atoms with E-state index in [0.717, 1.165) is 30.6 Å². The fraction of sp³-hybridized carbons (Fsp3) is 0.143. The van der Waals surface area contributed by atoms with E-state index in [4.69, 9.17) is 4.74 Å². The predicted octanol–water partition coefficient (Wildman–Crippen LogP) is 4.54. The van der Waals surface area contributed by atoms with Crippen molar-refractivity contribution in [1.82, 2.24) is 19.7 Å². The van der Waals surface area contributed by atoms with Crippen molar-refractivity contribution in [3.8, 4) is 17.4 Å². The summed E-state index contributed by atoms with van der Waals surface area (Å²) in [5.74, 6) is -0.498. The molecule has 34 heavy (non-hydrogen) atoms. The zero-order valence-electron chi connectivity index (χ0n) is 17.2. The largest absolute Gasteiger partial charge is 0.437 e. The molecule has 0 saturated carbocycles. The van der Waals surface area contributed by atoms with Crippen molar-refractivity contribution < 1.29 is 26.3 Å². The highest BCUT2D eigenvalue weighted by atomic mass is 79.9. The van der Waals surface area contributed by atoms with Gasteiger partial charge in [0.15, 0.2) is 15.7 Å². The lowest BCUT2D eigenvalue weighted by Crippen LogP contribution is -2.24. The summed E-state index contributed by atoms with van der Waals surface area (Å²) in [5, 5.41) is 3.81. The van der Waals surface area contributed by atoms with Crippen LogP contribution in [0.2, 0.25) is 0 Å². The molecule has 3 heterocycles. The minimum absolute atomic E-state index is 0.0267. The number of rotatable bonds is 5. The lowest BCUT2D eigenvalue weighted by atomic mass is 10.1. The highest BCUT2D eigenvalue weighted by Gasteiger charge is 2.31. The van der Waals surface area contributed by atoms with E-state index in [0.29, 0.717) is 15.2 Å². The van der Waals surface area contributed by atoms with Gasteiger partial charge in [-0.3, -0.25) is 4.79 Å². The Morgan fingerprint density at radius 3 is 2.47 bits per heavy atom. The van der Waals surface area contributed by atoms with Crippen molar-refractivity contribution in [2.75, 3.05) is 5.75 Å². The summed E-state index contributed by atoms with van der Waals surface area (Å²) in [6, 6.07) is 7.02. The third-order valence-corrected chi connectivity index (χ3v) is 6.96. The summed E-state index contributed by atoms with van der Waals surface area (Å²) in [4.78, 5) is 20.8. The topological polar surface area (TPSA) is 104 Å². The number of sulfone groups is 1. The van der Waals surface area contributed by atoms with Crippen LogP contribution in [0, 0.1) is 0 Å². The van der Waals surface area contributed by atoms with E-state index in [1.165, 1.54) is 13.1 Å². The maximum Gasteiger partial charge on any atom is 0.416 e. The summed E-state index contributed by atoms with van der Waals surface area (Å²) in [6.07, 6.45) is -0.854. The van der Waals surface area contributed by atoms with Crippen LogP contribution in [0.15, 0.2) is 69.2 Å². The number of pyridine rings is 2. The average molecular weight is 555 g/mol. The summed E-state index contributed by atoms with van der Waals surface area (Å²) >= 11 is 3.24. The highest BCUT2D eigenvalue weighted by molar-refractivity contribution is 9.10. The molecule has 0 bridgehead atoms. The Morgan fingerprint density at radius 2 is 1.82 bits per heavy atom. The Morgan fingerprint density at radius 1 is 1.06 bits per heavy atom. The summed E-state index contributed by atoms with van der Waals surface area (Å²) in [5.41, 5.74) is -1.97. The fourth-order valence-electron chi connectivity index (χ4n) is 3.03. The van der Waals surface area contributed by atoms with Gasteiger partial charge >= 0.3 is 6.18 Å². The van der Waals surface area contributed by atoms with E-state index in [1.54, 1.807) is 12.1 Å². The molecule has 4 rings (SSSR count). The maximum absolute atomic E-state index is 13.1. The van der Waals surface area contributed by atoms with Gasteiger partial charge in [-0.2, -0.15) is 23.0 Å². The smallest absolute Gasteiger partial charge is 0.416 e. The van der Waals surface area contributed by atoms with Crippen LogP contribution < -0.4 is 10.3 Å². The van der Waals surface area contributed by atoms with Gasteiger partial charge in [0.2, 0.25) is 5.88 Å². The summed E-state index contributed by atoms with van der Waals surface area (Å²) < 4.78 is 72.0. The molecule has 0 radical (unpaired) electrons. The van der Waals surface area contributed by atoms with Gasteiger partial charge in [-0.05, 0) is 34.1 Å². The Balaban J connectivity index is 1.88. The molecule has 0 amide bonds. The Kier molecular flexibility index (Phi) is 6.16. The normalized spacial score (nSPS) is 12.1. The molecule has 0 unspecified atom stereocenters. The second kappa shape index (κ2) is 8.80. The molecule has 13 heteroatoms. The van der Waals surface area contributed by atoms with Gasteiger partial charge in [0, 0.05) is 28.2 Å². The standard InChI is InChI=1S/C21H14BrF3N4O4S/c1-2-34(31,32)17-8-15(33-18-6-5-14(22)10-26-18)11-27-19(17)29-20(30)16-7-13(21(23,24)25)4-3-12(16)9-28-29/h3-11H,2H2,1H3. The third-order valence-electron chi connectivity index (χ3n) is 4.76. The van der Waals surface area contributed by atoms with Gasteiger partial charge in [-0.1, -0.05) is 13.0 Å². The number of alkyl halides is 3. The van der Waals surface area contributed by atoms with Gasteiger partial charge in [0.25, 0.3) is 5.56 Å². The quantitative estimate of drug-likeness (QED) is 0.356. The molecule has 0 saturated heterocycles. The fourth-order valence-corrected chi connectivity index (χ4v) is 4.29. The molecule has 0 aliphatic rings. The van der Waals surface area contributed by atoms with Crippen molar-refractivity contribution in [3.05, 3.63) is 75.4 Å². The van der Waals surface area contributed by atoms with E-state index in [9.17, 15) is 26.4 Å². The molecule has 176 valence electrons. The van der Waals surface area contributed by atoms with Crippen LogP contribution in [0.3, 0.4) is 0 Å². The van der Waals surface area contributed by atoms with Crippen LogP contribution in [-0.2, 0) is 16.0 Å². The first-order valence-electron chi connectivity index (χ1n) is 9.61. The molecule has 0 aliphatic heterocycles. The molecular formula is C21H14BrF3N4O4S. The minimum Gasteiger partial charge on any atom is -0.437 e. The van der Waals surface area contributed by atoms with Crippen LogP contribution in [0.5, 0.6) is 11.6 Å². The molecule has 0 N–H and O–H groups in total. The number of hydrogen-bond acceptors (Lipinski definition) is 7. The van der Waals surface area contributed by atoms with E-state index in [-0.39, 0.29) is 38.9 Å². The second-order valence-corrected chi connectivity index (χ2v) is 10.1. The third kappa shape index (κ3) is 4.66. The first-order valence-corrected chi connectivity index (χ1v) is 12.1. The predicted molar refractivity (Wildman–Crippen MR) is 120 cm³/mol. The van der Waals surface area contributed by atoms with Crippen LogP contribution in [0.1, 0.15) is 12.5 Å². The summed E-state index contributed by atoms with van der Waals surface area (Å²) in [6.45, 7) is 1.40. The molecular weight excluding hydrogens is 541 g/mol. The molecule has 3 aromatic heterocycles. The molecule has 1 aromatic carbocycles. The van der Waals surface area contributed by atoms with Crippen molar-refractivity contribution >= 4 is 36.5 Å². The van der Waals surface area contributed by atoms with Crippen LogP contribution in [0.4, 0.5) is 13.2 Å². The number of nitrogens with zero attached hydrogens (tertiary/aromatic N) is 4. The number of halogens is 4. The minimum atomic E-state index is -4.66. The van der Waals surface area contributed by atoms with Crippen LogP contribution >= 0.6 is 15.9 Å². The molecule has 0 aliphatic carbocycles. The lowest BCUT2D eigenvalue weighted by Gasteiger charge is -2.13. The Hall–Kier alpha value is -3.32.